The number of hydrogen-bond acceptors (Lipinski definition) is 5. The number of aliphatic hydroxyl groups is 2. The molecule has 31 heavy (non-hydrogen) atoms. The Kier molecular flexibility index (Phi) is 9.26. The number of carbonyl (C=O) groups is 1. The normalized spacial score (nSPS) is 28.6. The number of aliphatic imine (C=N–C) groups is 1. The van der Waals surface area contributed by atoms with Gasteiger partial charge in [0.1, 0.15) is 4.87 Å². The molecule has 1 aromatic rings. The van der Waals surface area contributed by atoms with Crippen LogP contribution in [-0.4, -0.2) is 38.1 Å². The molecular weight excluding hydrogens is 426 g/mol. The van der Waals surface area contributed by atoms with Gasteiger partial charge < -0.3 is 10.2 Å². The third-order valence-corrected chi connectivity index (χ3v) is 7.99. The molecule has 0 radical (unpaired) electrons. The Hall–Kier alpha value is -1.08. The molecule has 0 saturated heterocycles. The Bertz CT molecular complexity index is 782. The van der Waals surface area contributed by atoms with Gasteiger partial charge in [0.15, 0.2) is 5.12 Å². The lowest BCUT2D eigenvalue weighted by Gasteiger charge is -2.27. The van der Waals surface area contributed by atoms with Crippen LogP contribution in [0.5, 0.6) is 0 Å². The lowest BCUT2D eigenvalue weighted by atomic mass is 9.88. The van der Waals surface area contributed by atoms with Gasteiger partial charge in [-0.1, -0.05) is 68.3 Å². The van der Waals surface area contributed by atoms with Gasteiger partial charge in [0, 0.05) is 35.3 Å². The third kappa shape index (κ3) is 6.70. The molecule has 1 saturated carbocycles. The maximum Gasteiger partial charge on any atom is 0.185 e. The van der Waals surface area contributed by atoms with E-state index in [1.165, 1.54) is 0 Å². The Morgan fingerprint density at radius 2 is 2.10 bits per heavy atom. The summed E-state index contributed by atoms with van der Waals surface area (Å²) < 4.78 is 0. The molecule has 3 rings (SSSR count). The van der Waals surface area contributed by atoms with E-state index in [4.69, 9.17) is 4.99 Å². The van der Waals surface area contributed by atoms with Gasteiger partial charge in [-0.3, -0.25) is 9.79 Å². The van der Waals surface area contributed by atoms with Gasteiger partial charge in [-0.15, -0.1) is 12.6 Å². The zero-order valence-corrected chi connectivity index (χ0v) is 20.0. The molecule has 2 aliphatic rings. The number of rotatable bonds is 12. The van der Waals surface area contributed by atoms with Crippen LogP contribution in [0.15, 0.2) is 52.4 Å². The summed E-state index contributed by atoms with van der Waals surface area (Å²) >= 11 is 5.62. The van der Waals surface area contributed by atoms with Gasteiger partial charge in [-0.25, -0.2) is 0 Å². The Labute approximate surface area is 196 Å². The quantitative estimate of drug-likeness (QED) is 0.220. The van der Waals surface area contributed by atoms with Crippen molar-refractivity contribution in [2.24, 2.45) is 16.8 Å². The summed E-state index contributed by atoms with van der Waals surface area (Å²) in [5.74, 6) is 0.165. The number of thiol groups is 1. The summed E-state index contributed by atoms with van der Waals surface area (Å²) in [6.45, 7) is 2.16. The second-order valence-electron chi connectivity index (χ2n) is 8.79. The number of thioether (sulfide) groups is 1. The minimum absolute atomic E-state index is 0.0233. The highest BCUT2D eigenvalue weighted by Crippen LogP contribution is 2.57. The van der Waals surface area contributed by atoms with Crippen LogP contribution in [0, 0.1) is 11.8 Å². The molecule has 1 aliphatic heterocycles. The van der Waals surface area contributed by atoms with Crippen molar-refractivity contribution in [2.75, 3.05) is 0 Å². The van der Waals surface area contributed by atoms with Crippen LogP contribution in [0.3, 0.4) is 0 Å². The van der Waals surface area contributed by atoms with E-state index in [1.807, 2.05) is 30.4 Å². The lowest BCUT2D eigenvalue weighted by molar-refractivity contribution is -0.110. The maximum atomic E-state index is 11.2. The first-order valence-corrected chi connectivity index (χ1v) is 12.8. The topological polar surface area (TPSA) is 69.9 Å². The van der Waals surface area contributed by atoms with Crippen molar-refractivity contribution in [1.82, 2.24) is 0 Å². The number of aliphatic hydroxyl groups excluding tert-OH is 2. The number of unbranched alkanes of at least 4 members (excludes halogenated alkanes) is 2. The average Bonchev–Trinajstić information content (AvgIpc) is 3.17. The molecule has 0 amide bonds. The lowest BCUT2D eigenvalue weighted by Crippen LogP contribution is -2.25. The monoisotopic (exact) mass is 461 g/mol. The fraction of sp³-hybridized carbons (Fsp3) is 0.600. The molecule has 5 unspecified atom stereocenters. The summed E-state index contributed by atoms with van der Waals surface area (Å²) in [7, 11) is 0. The van der Waals surface area contributed by atoms with Crippen LogP contribution < -0.4 is 0 Å². The highest BCUT2D eigenvalue weighted by Gasteiger charge is 2.56. The minimum atomic E-state index is -0.468. The number of nitrogens with zero attached hydrogens (tertiary/aromatic N) is 1. The van der Waals surface area contributed by atoms with Gasteiger partial charge in [-0.05, 0) is 37.8 Å². The van der Waals surface area contributed by atoms with Crippen molar-refractivity contribution >= 4 is 35.2 Å². The highest BCUT2D eigenvalue weighted by molar-refractivity contribution is 8.00. The SMILES string of the molecule is CCCCCC(O)C=CC1C(O)CC2(Sc3ccccc3)N=C(CCCC(=O)S)CC12. The first-order valence-electron chi connectivity index (χ1n) is 11.5. The molecule has 170 valence electrons. The van der Waals surface area contributed by atoms with Crippen molar-refractivity contribution < 1.29 is 15.0 Å². The Balaban J connectivity index is 1.75. The Morgan fingerprint density at radius 3 is 2.81 bits per heavy atom. The van der Waals surface area contributed by atoms with Crippen LogP contribution in [0.2, 0.25) is 0 Å². The number of hydrogen-bond donors (Lipinski definition) is 3. The number of benzene rings is 1. The second-order valence-corrected chi connectivity index (χ2v) is 10.7. The Morgan fingerprint density at radius 1 is 1.32 bits per heavy atom. The highest BCUT2D eigenvalue weighted by atomic mass is 32.2. The fourth-order valence-electron chi connectivity index (χ4n) is 4.80. The van der Waals surface area contributed by atoms with E-state index in [9.17, 15) is 15.0 Å². The molecule has 0 spiro atoms. The van der Waals surface area contributed by atoms with Crippen molar-refractivity contribution in [2.45, 2.75) is 86.7 Å². The van der Waals surface area contributed by atoms with E-state index in [2.05, 4.69) is 31.7 Å². The molecular formula is C25H35NO3S2. The fourth-order valence-corrected chi connectivity index (χ4v) is 6.48. The van der Waals surface area contributed by atoms with Crippen molar-refractivity contribution in [3.05, 3.63) is 42.5 Å². The smallest absolute Gasteiger partial charge is 0.185 e. The first-order chi connectivity index (χ1) is 14.9. The predicted molar refractivity (Wildman–Crippen MR) is 132 cm³/mol. The summed E-state index contributed by atoms with van der Waals surface area (Å²) in [4.78, 5) is 17.1. The van der Waals surface area contributed by atoms with E-state index in [0.29, 0.717) is 12.8 Å². The van der Waals surface area contributed by atoms with E-state index in [1.54, 1.807) is 11.8 Å². The van der Waals surface area contributed by atoms with Gasteiger partial charge in [0.25, 0.3) is 0 Å². The zero-order valence-electron chi connectivity index (χ0n) is 18.3. The van der Waals surface area contributed by atoms with Gasteiger partial charge in [0.05, 0.1) is 12.2 Å². The summed E-state index contributed by atoms with van der Waals surface area (Å²) in [5.41, 5.74) is 1.14. The van der Waals surface area contributed by atoms with Crippen molar-refractivity contribution in [3.63, 3.8) is 0 Å². The maximum absolute atomic E-state index is 11.2. The van der Waals surface area contributed by atoms with Crippen molar-refractivity contribution in [3.8, 4) is 0 Å². The van der Waals surface area contributed by atoms with Gasteiger partial charge in [0.2, 0.25) is 0 Å². The molecule has 4 nitrogen and oxygen atoms in total. The molecule has 1 aliphatic carbocycles. The zero-order chi connectivity index (χ0) is 22.3. The van der Waals surface area contributed by atoms with Crippen molar-refractivity contribution in [1.29, 1.82) is 0 Å². The largest absolute Gasteiger partial charge is 0.392 e. The molecule has 1 fully saturated rings. The third-order valence-electron chi connectivity index (χ3n) is 6.35. The first kappa shape index (κ1) is 24.6. The van der Waals surface area contributed by atoms with E-state index in [0.717, 1.165) is 55.6 Å². The molecule has 0 aromatic heterocycles. The molecule has 1 heterocycles. The number of carbonyl (C=O) groups excluding carboxylic acids is 1. The molecule has 0 bridgehead atoms. The van der Waals surface area contributed by atoms with Crippen LogP contribution in [0.1, 0.15) is 64.7 Å². The van der Waals surface area contributed by atoms with Crippen LogP contribution >= 0.6 is 24.4 Å². The van der Waals surface area contributed by atoms with Crippen LogP contribution in [0.4, 0.5) is 0 Å². The molecule has 1 aromatic carbocycles. The predicted octanol–water partition coefficient (Wildman–Crippen LogP) is 5.44. The summed E-state index contributed by atoms with van der Waals surface area (Å²) in [6, 6.07) is 10.3. The van der Waals surface area contributed by atoms with Gasteiger partial charge in [-0.2, -0.15) is 0 Å². The standard InChI is InChI=1S/C25H35NO3S2/c1-2-3-5-10-19(27)14-15-21-22-16-18(9-8-13-24(29)30)26-25(22,17-23(21)28)31-20-11-6-4-7-12-20/h4,6-7,11-12,14-15,19,21-23,27-28H,2-3,5,8-10,13,16-17H2,1H3,(H,29,30). The second kappa shape index (κ2) is 11.7. The summed E-state index contributed by atoms with van der Waals surface area (Å²) in [6.07, 6.45) is 10.5. The minimum Gasteiger partial charge on any atom is -0.392 e. The van der Waals surface area contributed by atoms with Gasteiger partial charge >= 0.3 is 0 Å². The van der Waals surface area contributed by atoms with E-state index < -0.39 is 12.2 Å². The van der Waals surface area contributed by atoms with Crippen LogP contribution in [-0.2, 0) is 4.79 Å². The van der Waals surface area contributed by atoms with Crippen LogP contribution in [0.25, 0.3) is 0 Å². The number of fused-ring (bicyclic) bond motifs is 1. The van der Waals surface area contributed by atoms with E-state index in [-0.39, 0.29) is 21.8 Å². The summed E-state index contributed by atoms with van der Waals surface area (Å²) in [5, 5.41) is 21.2. The molecule has 6 heteroatoms. The average molecular weight is 462 g/mol. The molecule has 2 N–H and O–H groups in total. The van der Waals surface area contributed by atoms with E-state index >= 15 is 0 Å². The molecule has 5 atom stereocenters.